The fourth-order valence-electron chi connectivity index (χ4n) is 0.792. The Morgan fingerprint density at radius 3 is 2.64 bits per heavy atom. The summed E-state index contributed by atoms with van der Waals surface area (Å²) in [5.41, 5.74) is 1.12. The van der Waals surface area contributed by atoms with Crippen molar-refractivity contribution in [2.24, 2.45) is 0 Å². The van der Waals surface area contributed by atoms with Crippen LogP contribution >= 0.6 is 23.2 Å². The second kappa shape index (κ2) is 3.84. The quantitative estimate of drug-likeness (QED) is 0.652. The summed E-state index contributed by atoms with van der Waals surface area (Å²) >= 11 is 10.8. The predicted octanol–water partition coefficient (Wildman–Crippen LogP) is 3.14. The largest absolute Gasteiger partial charge is 0.461 e. The average Bonchev–Trinajstić information content (AvgIpc) is 1.85. The van der Waals surface area contributed by atoms with Crippen LogP contribution in [0.3, 0.4) is 0 Å². The topological polar surface area (TPSA) is 9.23 Å². The van der Waals surface area contributed by atoms with Crippen LogP contribution in [0.5, 0.6) is 5.75 Å². The van der Waals surface area contributed by atoms with Crippen molar-refractivity contribution < 1.29 is 4.74 Å². The molecule has 0 saturated heterocycles. The van der Waals surface area contributed by atoms with E-state index >= 15 is 0 Å². The molecule has 0 aliphatic carbocycles. The van der Waals surface area contributed by atoms with Gasteiger partial charge >= 0.3 is 0 Å². The Morgan fingerprint density at radius 2 is 2.09 bits per heavy atom. The molecule has 0 saturated carbocycles. The number of aryl methyl sites for hydroxylation is 1. The van der Waals surface area contributed by atoms with Gasteiger partial charge in [0, 0.05) is 0 Å². The standard InChI is InChI=1S/C8H8Cl2O/c1-6-3-2-4-7(5-6)11-8(9)10/h2-5,8H,1H3. The average molecular weight is 191 g/mol. The number of alkyl halides is 2. The van der Waals surface area contributed by atoms with Crippen molar-refractivity contribution in [2.75, 3.05) is 0 Å². The van der Waals surface area contributed by atoms with Gasteiger partial charge in [-0.1, -0.05) is 35.3 Å². The van der Waals surface area contributed by atoms with Crippen LogP contribution in [-0.4, -0.2) is 5.02 Å². The molecule has 0 fully saturated rings. The summed E-state index contributed by atoms with van der Waals surface area (Å²) in [5.74, 6) is 0.694. The Morgan fingerprint density at radius 1 is 1.36 bits per heavy atom. The van der Waals surface area contributed by atoms with Gasteiger partial charge in [-0.2, -0.15) is 0 Å². The normalized spacial score (nSPS) is 10.2. The highest BCUT2D eigenvalue weighted by molar-refractivity contribution is 6.43. The van der Waals surface area contributed by atoms with Crippen molar-refractivity contribution in [3.8, 4) is 5.75 Å². The molecule has 1 aromatic carbocycles. The summed E-state index contributed by atoms with van der Waals surface area (Å²) < 4.78 is 5.03. The number of halogens is 2. The highest BCUT2D eigenvalue weighted by atomic mass is 35.5. The van der Waals surface area contributed by atoms with Crippen molar-refractivity contribution in [3.05, 3.63) is 29.8 Å². The molecule has 0 aliphatic rings. The number of hydrogen-bond acceptors (Lipinski definition) is 1. The highest BCUT2D eigenvalue weighted by Crippen LogP contribution is 2.16. The molecule has 0 amide bonds. The molecule has 0 heterocycles. The Balaban J connectivity index is 2.71. The molecule has 0 unspecified atom stereocenters. The third-order valence-corrected chi connectivity index (χ3v) is 1.39. The maximum atomic E-state index is 5.41. The number of benzene rings is 1. The molecule has 0 aliphatic heterocycles. The Hall–Kier alpha value is -0.400. The van der Waals surface area contributed by atoms with Crippen LogP contribution in [0.4, 0.5) is 0 Å². The first-order valence-electron chi connectivity index (χ1n) is 3.20. The minimum atomic E-state index is -0.795. The maximum Gasteiger partial charge on any atom is 0.247 e. The monoisotopic (exact) mass is 190 g/mol. The Kier molecular flexibility index (Phi) is 3.03. The molecule has 0 atom stereocenters. The maximum absolute atomic E-state index is 5.41. The molecule has 1 rings (SSSR count). The van der Waals surface area contributed by atoms with Gasteiger partial charge in [-0.05, 0) is 24.6 Å². The number of rotatable bonds is 2. The van der Waals surface area contributed by atoms with E-state index in [1.165, 1.54) is 0 Å². The first-order valence-corrected chi connectivity index (χ1v) is 4.07. The fraction of sp³-hybridized carbons (Fsp3) is 0.250. The number of ether oxygens (including phenoxy) is 1. The van der Waals surface area contributed by atoms with Gasteiger partial charge in [0.2, 0.25) is 5.02 Å². The minimum Gasteiger partial charge on any atom is -0.461 e. The summed E-state index contributed by atoms with van der Waals surface area (Å²) in [6, 6.07) is 7.55. The summed E-state index contributed by atoms with van der Waals surface area (Å²) in [6.07, 6.45) is 0. The van der Waals surface area contributed by atoms with E-state index in [4.69, 9.17) is 27.9 Å². The summed E-state index contributed by atoms with van der Waals surface area (Å²) in [5, 5.41) is -0.795. The van der Waals surface area contributed by atoms with Crippen LogP contribution in [0.2, 0.25) is 0 Å². The smallest absolute Gasteiger partial charge is 0.247 e. The van der Waals surface area contributed by atoms with Crippen LogP contribution in [0, 0.1) is 6.92 Å². The van der Waals surface area contributed by atoms with E-state index in [1.807, 2.05) is 31.2 Å². The molecule has 1 nitrogen and oxygen atoms in total. The van der Waals surface area contributed by atoms with Crippen LogP contribution in [-0.2, 0) is 0 Å². The van der Waals surface area contributed by atoms with Gasteiger partial charge in [-0.15, -0.1) is 0 Å². The van der Waals surface area contributed by atoms with Crippen LogP contribution < -0.4 is 4.74 Å². The lowest BCUT2D eigenvalue weighted by atomic mass is 10.2. The van der Waals surface area contributed by atoms with E-state index in [2.05, 4.69) is 0 Å². The molecule has 0 bridgehead atoms. The number of hydrogen-bond donors (Lipinski definition) is 0. The first-order chi connectivity index (χ1) is 5.18. The molecule has 0 aromatic heterocycles. The molecule has 0 spiro atoms. The molecular formula is C8H8Cl2O. The molecular weight excluding hydrogens is 183 g/mol. The van der Waals surface area contributed by atoms with Crippen molar-refractivity contribution in [3.63, 3.8) is 0 Å². The van der Waals surface area contributed by atoms with Gasteiger partial charge in [0.25, 0.3) is 0 Å². The zero-order valence-electron chi connectivity index (χ0n) is 6.05. The lowest BCUT2D eigenvalue weighted by Crippen LogP contribution is -1.98. The third kappa shape index (κ3) is 3.00. The van der Waals surface area contributed by atoms with E-state index in [0.717, 1.165) is 5.56 Å². The van der Waals surface area contributed by atoms with Crippen LogP contribution in [0.25, 0.3) is 0 Å². The van der Waals surface area contributed by atoms with E-state index in [0.29, 0.717) is 5.75 Å². The Labute approximate surface area is 75.9 Å². The molecule has 11 heavy (non-hydrogen) atoms. The van der Waals surface area contributed by atoms with Gasteiger partial charge < -0.3 is 4.74 Å². The predicted molar refractivity (Wildman–Crippen MR) is 47.3 cm³/mol. The minimum absolute atomic E-state index is 0.694. The zero-order valence-corrected chi connectivity index (χ0v) is 7.56. The third-order valence-electron chi connectivity index (χ3n) is 1.21. The lowest BCUT2D eigenvalue weighted by molar-refractivity contribution is 0.354. The zero-order chi connectivity index (χ0) is 8.27. The van der Waals surface area contributed by atoms with Gasteiger partial charge in [0.05, 0.1) is 0 Å². The molecule has 60 valence electrons. The van der Waals surface area contributed by atoms with Crippen LogP contribution in [0.15, 0.2) is 24.3 Å². The van der Waals surface area contributed by atoms with Gasteiger partial charge in [0.15, 0.2) is 0 Å². The Bertz CT molecular complexity index is 235. The lowest BCUT2D eigenvalue weighted by Gasteiger charge is -2.05. The van der Waals surface area contributed by atoms with Crippen molar-refractivity contribution in [1.82, 2.24) is 0 Å². The van der Waals surface area contributed by atoms with E-state index in [1.54, 1.807) is 0 Å². The van der Waals surface area contributed by atoms with Gasteiger partial charge in [-0.3, -0.25) is 0 Å². The molecule has 3 heteroatoms. The van der Waals surface area contributed by atoms with E-state index in [9.17, 15) is 0 Å². The SMILES string of the molecule is Cc1cccc(OC(Cl)Cl)c1. The summed E-state index contributed by atoms with van der Waals surface area (Å²) in [6.45, 7) is 1.98. The highest BCUT2D eigenvalue weighted by Gasteiger charge is 1.99. The summed E-state index contributed by atoms with van der Waals surface area (Å²) in [4.78, 5) is 0. The van der Waals surface area contributed by atoms with Crippen molar-refractivity contribution in [1.29, 1.82) is 0 Å². The van der Waals surface area contributed by atoms with Crippen molar-refractivity contribution >= 4 is 23.2 Å². The second-order valence-corrected chi connectivity index (χ2v) is 3.21. The van der Waals surface area contributed by atoms with Gasteiger partial charge in [0.1, 0.15) is 5.75 Å². The molecule has 0 N–H and O–H groups in total. The second-order valence-electron chi connectivity index (χ2n) is 2.20. The first kappa shape index (κ1) is 8.69. The molecule has 1 aromatic rings. The van der Waals surface area contributed by atoms with E-state index < -0.39 is 5.02 Å². The molecule has 0 radical (unpaired) electrons. The summed E-state index contributed by atoms with van der Waals surface area (Å²) in [7, 11) is 0. The van der Waals surface area contributed by atoms with Gasteiger partial charge in [-0.25, -0.2) is 0 Å². The van der Waals surface area contributed by atoms with Crippen LogP contribution in [0.1, 0.15) is 5.56 Å². The van der Waals surface area contributed by atoms with E-state index in [-0.39, 0.29) is 0 Å². The van der Waals surface area contributed by atoms with Crippen molar-refractivity contribution in [2.45, 2.75) is 11.9 Å². The fourth-order valence-corrected chi connectivity index (χ4v) is 0.997.